The van der Waals surface area contributed by atoms with Gasteiger partial charge in [0.25, 0.3) is 0 Å². The predicted octanol–water partition coefficient (Wildman–Crippen LogP) is 3.74. The zero-order valence-corrected chi connectivity index (χ0v) is 16.7. The van der Waals surface area contributed by atoms with Gasteiger partial charge in [0.2, 0.25) is 0 Å². The summed E-state index contributed by atoms with van der Waals surface area (Å²) < 4.78 is 16.7. The first-order chi connectivity index (χ1) is 10.0. The van der Waals surface area contributed by atoms with Gasteiger partial charge in [-0.05, 0) is 30.5 Å². The van der Waals surface area contributed by atoms with E-state index >= 15 is 0 Å². The molecule has 22 heavy (non-hydrogen) atoms. The van der Waals surface area contributed by atoms with E-state index in [1.807, 2.05) is 6.92 Å². The molecule has 2 rings (SSSR count). The van der Waals surface area contributed by atoms with Gasteiger partial charge in [0.15, 0.2) is 8.32 Å². The van der Waals surface area contributed by atoms with Crippen LogP contribution in [0.2, 0.25) is 16.6 Å². The monoisotopic (exact) mass is 332 g/mol. The summed E-state index contributed by atoms with van der Waals surface area (Å²) in [4.78, 5) is 0. The van der Waals surface area contributed by atoms with Crippen LogP contribution in [0.5, 0.6) is 0 Å². The number of epoxide rings is 2. The van der Waals surface area contributed by atoms with Crippen molar-refractivity contribution < 1.29 is 19.0 Å². The topological polar surface area (TPSA) is 54.5 Å². The molecule has 2 heterocycles. The third kappa shape index (κ3) is 5.03. The van der Waals surface area contributed by atoms with Crippen molar-refractivity contribution in [1.29, 1.82) is 0 Å². The fourth-order valence-electron chi connectivity index (χ4n) is 3.20. The Morgan fingerprint density at radius 1 is 0.909 bits per heavy atom. The summed E-state index contributed by atoms with van der Waals surface area (Å²) >= 11 is 0. The van der Waals surface area contributed by atoms with E-state index < -0.39 is 8.32 Å². The molecule has 0 aromatic carbocycles. The van der Waals surface area contributed by atoms with Crippen molar-refractivity contribution in [3.63, 3.8) is 0 Å². The van der Waals surface area contributed by atoms with Gasteiger partial charge in [0.1, 0.15) is 11.2 Å². The Kier molecular flexibility index (Phi) is 6.67. The Balaban J connectivity index is 0.000000335. The highest BCUT2D eigenvalue weighted by molar-refractivity contribution is 6.77. The Morgan fingerprint density at radius 2 is 1.27 bits per heavy atom. The fourth-order valence-corrected chi connectivity index (χ4v) is 8.75. The number of rotatable bonds is 7. The largest absolute Gasteiger partial charge is 0.413 e. The Morgan fingerprint density at radius 3 is 1.45 bits per heavy atom. The third-order valence-corrected chi connectivity index (χ3v) is 11.0. The lowest BCUT2D eigenvalue weighted by molar-refractivity contribution is 0.183. The molecule has 0 spiro atoms. The molecule has 0 amide bonds. The van der Waals surface area contributed by atoms with Crippen LogP contribution in [0.4, 0.5) is 0 Å². The molecule has 2 saturated heterocycles. The minimum absolute atomic E-state index is 0.0247. The average Bonchev–Trinajstić information content (AvgIpc) is 3.31. The maximum atomic E-state index is 8.34. The number of aliphatic hydroxyl groups excluding tert-OH is 1. The van der Waals surface area contributed by atoms with Crippen molar-refractivity contribution in [2.45, 2.75) is 83.2 Å². The average molecular weight is 333 g/mol. The van der Waals surface area contributed by atoms with Crippen LogP contribution >= 0.6 is 0 Å². The Hall–Kier alpha value is 0.0569. The van der Waals surface area contributed by atoms with E-state index in [2.05, 4.69) is 48.5 Å². The van der Waals surface area contributed by atoms with Crippen LogP contribution in [0.1, 0.15) is 55.4 Å². The summed E-state index contributed by atoms with van der Waals surface area (Å²) in [6.45, 7) is 20.5. The molecule has 0 aliphatic carbocycles. The molecule has 2 aliphatic rings. The summed E-state index contributed by atoms with van der Waals surface area (Å²) in [6, 6.07) is 0. The molecule has 132 valence electrons. The number of hydrogen-bond donors (Lipinski definition) is 1. The van der Waals surface area contributed by atoms with Crippen molar-refractivity contribution in [1.82, 2.24) is 0 Å². The highest BCUT2D eigenvalue weighted by atomic mass is 28.4. The van der Waals surface area contributed by atoms with Gasteiger partial charge < -0.3 is 19.0 Å². The van der Waals surface area contributed by atoms with E-state index in [1.54, 1.807) is 0 Å². The molecule has 5 heteroatoms. The number of aliphatic hydroxyl groups is 1. The standard InChI is InChI=1S/C13H28O2Si.C4H8O2/c1-10(2)16(11(3)4,12(5)6)15-9-13(7)8-14-13;1-4(2-5)3-6-4/h10-12H,8-9H2,1-7H3;5H,2-3H2,1H3/t13-;4-/m10/s1. The molecular weight excluding hydrogens is 296 g/mol. The van der Waals surface area contributed by atoms with Crippen molar-refractivity contribution >= 4 is 8.32 Å². The van der Waals surface area contributed by atoms with Crippen molar-refractivity contribution in [3.8, 4) is 0 Å². The normalized spacial score (nSPS) is 30.5. The van der Waals surface area contributed by atoms with E-state index in [4.69, 9.17) is 19.0 Å². The Labute approximate surface area is 137 Å². The van der Waals surface area contributed by atoms with Gasteiger partial charge in [0.05, 0.1) is 26.4 Å². The molecule has 0 aromatic heterocycles. The lowest BCUT2D eigenvalue weighted by atomic mass is 10.2. The number of hydrogen-bond acceptors (Lipinski definition) is 4. The highest BCUT2D eigenvalue weighted by Crippen LogP contribution is 2.43. The van der Waals surface area contributed by atoms with Gasteiger partial charge >= 0.3 is 0 Å². The molecule has 0 saturated carbocycles. The van der Waals surface area contributed by atoms with Gasteiger partial charge in [-0.15, -0.1) is 0 Å². The van der Waals surface area contributed by atoms with E-state index in [1.165, 1.54) is 0 Å². The molecule has 0 radical (unpaired) electrons. The van der Waals surface area contributed by atoms with Crippen LogP contribution in [0.25, 0.3) is 0 Å². The van der Waals surface area contributed by atoms with Crippen LogP contribution in [0, 0.1) is 0 Å². The van der Waals surface area contributed by atoms with E-state index in [0.29, 0.717) is 16.6 Å². The van der Waals surface area contributed by atoms with E-state index in [0.717, 1.165) is 19.8 Å². The van der Waals surface area contributed by atoms with Crippen molar-refractivity contribution in [3.05, 3.63) is 0 Å². The maximum Gasteiger partial charge on any atom is 0.200 e. The minimum Gasteiger partial charge on any atom is -0.413 e. The SMILES string of the molecule is CC(C)[Si](OC[C@@]1(C)CO1)(C(C)C)C(C)C.C[C@]1(CO)CO1. The zero-order chi connectivity index (χ0) is 17.2. The predicted molar refractivity (Wildman–Crippen MR) is 92.8 cm³/mol. The second-order valence-corrected chi connectivity index (χ2v) is 13.7. The lowest BCUT2D eigenvalue weighted by Gasteiger charge is -2.42. The van der Waals surface area contributed by atoms with Gasteiger partial charge in [-0.2, -0.15) is 0 Å². The van der Waals surface area contributed by atoms with Gasteiger partial charge in [-0.3, -0.25) is 0 Å². The quantitative estimate of drug-likeness (QED) is 0.570. The smallest absolute Gasteiger partial charge is 0.200 e. The first-order valence-corrected chi connectivity index (χ1v) is 10.7. The van der Waals surface area contributed by atoms with Gasteiger partial charge in [-0.1, -0.05) is 41.5 Å². The molecule has 2 aliphatic heterocycles. The fraction of sp³-hybridized carbons (Fsp3) is 1.00. The molecule has 1 N–H and O–H groups in total. The summed E-state index contributed by atoms with van der Waals surface area (Å²) in [6.07, 6.45) is 0. The molecule has 0 unspecified atom stereocenters. The number of ether oxygens (including phenoxy) is 2. The summed E-state index contributed by atoms with van der Waals surface area (Å²) in [7, 11) is -1.68. The first-order valence-electron chi connectivity index (χ1n) is 8.54. The summed E-state index contributed by atoms with van der Waals surface area (Å²) in [5.41, 5.74) is 1.86. The van der Waals surface area contributed by atoms with Crippen LogP contribution < -0.4 is 0 Å². The second kappa shape index (κ2) is 7.30. The van der Waals surface area contributed by atoms with Crippen molar-refractivity contribution in [2.24, 2.45) is 0 Å². The maximum absolute atomic E-state index is 8.34. The highest BCUT2D eigenvalue weighted by Gasteiger charge is 2.48. The van der Waals surface area contributed by atoms with E-state index in [-0.39, 0.29) is 17.8 Å². The summed E-state index contributed by atoms with van der Waals surface area (Å²) in [5.74, 6) is 0. The molecule has 4 nitrogen and oxygen atoms in total. The molecule has 2 fully saturated rings. The van der Waals surface area contributed by atoms with Crippen molar-refractivity contribution in [2.75, 3.05) is 26.4 Å². The summed E-state index contributed by atoms with van der Waals surface area (Å²) in [5, 5.41) is 8.34. The van der Waals surface area contributed by atoms with Crippen LogP contribution in [0.15, 0.2) is 0 Å². The lowest BCUT2D eigenvalue weighted by Crippen LogP contribution is -2.49. The Bertz CT molecular complexity index is 325. The zero-order valence-electron chi connectivity index (χ0n) is 15.7. The van der Waals surface area contributed by atoms with Crippen LogP contribution in [-0.2, 0) is 13.9 Å². The molecule has 2 atom stereocenters. The van der Waals surface area contributed by atoms with E-state index in [9.17, 15) is 0 Å². The molecule has 0 bridgehead atoms. The minimum atomic E-state index is -1.68. The molecule has 0 aromatic rings. The molecular formula is C17H36O4Si. The van der Waals surface area contributed by atoms with Gasteiger partial charge in [0, 0.05) is 0 Å². The third-order valence-electron chi connectivity index (χ3n) is 4.94. The van der Waals surface area contributed by atoms with Gasteiger partial charge in [-0.25, -0.2) is 0 Å². The second-order valence-electron chi connectivity index (χ2n) is 8.24. The van der Waals surface area contributed by atoms with Crippen LogP contribution in [0.3, 0.4) is 0 Å². The first kappa shape index (κ1) is 20.1. The van der Waals surface area contributed by atoms with Crippen LogP contribution in [-0.4, -0.2) is 51.1 Å².